The van der Waals surface area contributed by atoms with Crippen LogP contribution >= 0.6 is 0 Å². The average molecular weight is 339 g/mol. The molecule has 1 aromatic carbocycles. The highest BCUT2D eigenvalue weighted by Gasteiger charge is 2.47. The second-order valence-electron chi connectivity index (χ2n) is 7.07. The molecule has 0 bridgehead atoms. The number of amides is 1. The number of piperidine rings is 1. The van der Waals surface area contributed by atoms with Crippen molar-refractivity contribution in [3.05, 3.63) is 60.2 Å². The standard InChI is InChI=1S/C20H22FN3O/c21-17-5-1-6-18(12-17)23-11-3-8-20(15-23)9-7-19(25)24(20)14-16-4-2-10-22-13-16/h1-2,4-6,10,12-13H,3,7-9,11,14-15H2. The first-order chi connectivity index (χ1) is 12.2. The van der Waals surface area contributed by atoms with Crippen molar-refractivity contribution in [1.82, 2.24) is 9.88 Å². The van der Waals surface area contributed by atoms with Crippen molar-refractivity contribution in [2.24, 2.45) is 0 Å². The van der Waals surface area contributed by atoms with Crippen LogP contribution in [0, 0.1) is 5.82 Å². The van der Waals surface area contributed by atoms with Crippen molar-refractivity contribution in [3.8, 4) is 0 Å². The first-order valence-corrected chi connectivity index (χ1v) is 8.86. The van der Waals surface area contributed by atoms with Crippen LogP contribution in [0.5, 0.6) is 0 Å². The minimum atomic E-state index is -0.216. The number of carbonyl (C=O) groups excluding carboxylic acids is 1. The number of anilines is 1. The molecule has 2 aliphatic rings. The molecule has 2 aromatic rings. The SMILES string of the molecule is O=C1CCC2(CCCN(c3cccc(F)c3)C2)N1Cc1cccnc1. The quantitative estimate of drug-likeness (QED) is 0.860. The van der Waals surface area contributed by atoms with Crippen molar-refractivity contribution in [2.45, 2.75) is 37.8 Å². The van der Waals surface area contributed by atoms with Gasteiger partial charge >= 0.3 is 0 Å². The molecule has 4 nitrogen and oxygen atoms in total. The van der Waals surface area contributed by atoms with Crippen molar-refractivity contribution >= 4 is 11.6 Å². The molecule has 0 radical (unpaired) electrons. The molecule has 1 unspecified atom stereocenters. The van der Waals surface area contributed by atoms with Crippen LogP contribution in [0.1, 0.15) is 31.2 Å². The normalized spacial score (nSPS) is 23.5. The van der Waals surface area contributed by atoms with E-state index in [-0.39, 0.29) is 17.3 Å². The lowest BCUT2D eigenvalue weighted by atomic mass is 9.86. The third-order valence-corrected chi connectivity index (χ3v) is 5.47. The summed E-state index contributed by atoms with van der Waals surface area (Å²) < 4.78 is 13.6. The van der Waals surface area contributed by atoms with E-state index in [0.717, 1.165) is 43.6 Å². The second kappa shape index (κ2) is 6.47. The third-order valence-electron chi connectivity index (χ3n) is 5.47. The Labute approximate surface area is 147 Å². The molecule has 3 heterocycles. The summed E-state index contributed by atoms with van der Waals surface area (Å²) in [6.45, 7) is 2.27. The van der Waals surface area contributed by atoms with Crippen molar-refractivity contribution in [2.75, 3.05) is 18.0 Å². The Kier molecular flexibility index (Phi) is 4.15. The van der Waals surface area contributed by atoms with Gasteiger partial charge in [-0.05, 0) is 49.1 Å². The van der Waals surface area contributed by atoms with E-state index in [1.165, 1.54) is 6.07 Å². The molecule has 5 heteroatoms. The minimum Gasteiger partial charge on any atom is -0.369 e. The maximum absolute atomic E-state index is 13.6. The maximum Gasteiger partial charge on any atom is 0.223 e. The van der Waals surface area contributed by atoms with Gasteiger partial charge in [0.2, 0.25) is 5.91 Å². The van der Waals surface area contributed by atoms with Crippen LogP contribution in [0.4, 0.5) is 10.1 Å². The predicted molar refractivity (Wildman–Crippen MR) is 94.6 cm³/mol. The van der Waals surface area contributed by atoms with Crippen molar-refractivity contribution < 1.29 is 9.18 Å². The number of rotatable bonds is 3. The number of halogens is 1. The zero-order chi connectivity index (χ0) is 17.3. The molecule has 1 amide bonds. The minimum absolute atomic E-state index is 0.155. The lowest BCUT2D eigenvalue weighted by molar-refractivity contribution is -0.132. The number of pyridine rings is 1. The summed E-state index contributed by atoms with van der Waals surface area (Å²) >= 11 is 0. The van der Waals surface area contributed by atoms with Gasteiger partial charge in [0.05, 0.1) is 5.54 Å². The van der Waals surface area contributed by atoms with Gasteiger partial charge in [-0.3, -0.25) is 9.78 Å². The van der Waals surface area contributed by atoms with Gasteiger partial charge in [-0.2, -0.15) is 0 Å². The Morgan fingerprint density at radius 2 is 2.12 bits per heavy atom. The van der Waals surface area contributed by atoms with Gasteiger partial charge in [0.1, 0.15) is 5.82 Å². The number of likely N-dealkylation sites (tertiary alicyclic amines) is 1. The summed E-state index contributed by atoms with van der Waals surface area (Å²) in [5, 5.41) is 0. The lowest BCUT2D eigenvalue weighted by Crippen LogP contribution is -2.56. The molecular weight excluding hydrogens is 317 g/mol. The van der Waals surface area contributed by atoms with Crippen LogP contribution in [-0.4, -0.2) is 34.4 Å². The Morgan fingerprint density at radius 1 is 1.20 bits per heavy atom. The van der Waals surface area contributed by atoms with Crippen LogP contribution in [0.25, 0.3) is 0 Å². The summed E-state index contributed by atoms with van der Waals surface area (Å²) in [5.74, 6) is -0.00298. The van der Waals surface area contributed by atoms with E-state index < -0.39 is 0 Å². The second-order valence-corrected chi connectivity index (χ2v) is 7.07. The topological polar surface area (TPSA) is 36.4 Å². The highest BCUT2D eigenvalue weighted by atomic mass is 19.1. The molecule has 1 aromatic heterocycles. The smallest absolute Gasteiger partial charge is 0.223 e. The fourth-order valence-electron chi connectivity index (χ4n) is 4.23. The van der Waals surface area contributed by atoms with Gasteiger partial charge in [0.25, 0.3) is 0 Å². The molecule has 0 saturated carbocycles. The van der Waals surface area contributed by atoms with Gasteiger partial charge in [-0.25, -0.2) is 4.39 Å². The number of nitrogens with zero attached hydrogens (tertiary/aromatic N) is 3. The lowest BCUT2D eigenvalue weighted by Gasteiger charge is -2.46. The molecular formula is C20H22FN3O. The van der Waals surface area contributed by atoms with Gasteiger partial charge < -0.3 is 9.80 Å². The van der Waals surface area contributed by atoms with Crippen LogP contribution in [0.3, 0.4) is 0 Å². The number of hydrogen-bond acceptors (Lipinski definition) is 3. The van der Waals surface area contributed by atoms with Crippen LogP contribution < -0.4 is 4.90 Å². The molecule has 25 heavy (non-hydrogen) atoms. The Bertz CT molecular complexity index is 767. The summed E-state index contributed by atoms with van der Waals surface area (Å²) in [6.07, 6.45) is 7.05. The van der Waals surface area contributed by atoms with E-state index in [1.807, 2.05) is 29.3 Å². The highest BCUT2D eigenvalue weighted by Crippen LogP contribution is 2.40. The first-order valence-electron chi connectivity index (χ1n) is 8.86. The fraction of sp³-hybridized carbons (Fsp3) is 0.400. The molecule has 2 fully saturated rings. The summed E-state index contributed by atoms with van der Waals surface area (Å²) in [6, 6.07) is 10.7. The summed E-state index contributed by atoms with van der Waals surface area (Å²) in [7, 11) is 0. The van der Waals surface area contributed by atoms with Gasteiger partial charge in [-0.15, -0.1) is 0 Å². The maximum atomic E-state index is 13.6. The average Bonchev–Trinajstić information content (AvgIpc) is 2.92. The third kappa shape index (κ3) is 3.11. The van der Waals surface area contributed by atoms with Crippen molar-refractivity contribution in [1.29, 1.82) is 0 Å². The molecule has 1 spiro atoms. The van der Waals surface area contributed by atoms with E-state index in [1.54, 1.807) is 18.3 Å². The van der Waals surface area contributed by atoms with E-state index in [4.69, 9.17) is 0 Å². The first kappa shape index (κ1) is 16.1. The molecule has 0 N–H and O–H groups in total. The monoisotopic (exact) mass is 339 g/mol. The van der Waals surface area contributed by atoms with E-state index >= 15 is 0 Å². The zero-order valence-corrected chi connectivity index (χ0v) is 14.2. The summed E-state index contributed by atoms with van der Waals surface area (Å²) in [5.41, 5.74) is 1.80. The Balaban J connectivity index is 1.59. The van der Waals surface area contributed by atoms with E-state index in [0.29, 0.717) is 13.0 Å². The Hall–Kier alpha value is -2.43. The van der Waals surface area contributed by atoms with E-state index in [9.17, 15) is 9.18 Å². The molecule has 2 saturated heterocycles. The molecule has 1 atom stereocenters. The highest BCUT2D eigenvalue weighted by molar-refractivity contribution is 5.80. The number of carbonyl (C=O) groups is 1. The number of aromatic nitrogens is 1. The molecule has 2 aliphatic heterocycles. The Morgan fingerprint density at radius 3 is 2.92 bits per heavy atom. The molecule has 0 aliphatic carbocycles. The number of hydrogen-bond donors (Lipinski definition) is 0. The van der Waals surface area contributed by atoms with Crippen LogP contribution in [0.15, 0.2) is 48.8 Å². The van der Waals surface area contributed by atoms with Crippen LogP contribution in [0.2, 0.25) is 0 Å². The van der Waals surface area contributed by atoms with Gasteiger partial charge in [-0.1, -0.05) is 12.1 Å². The van der Waals surface area contributed by atoms with E-state index in [2.05, 4.69) is 9.88 Å². The van der Waals surface area contributed by atoms with Crippen LogP contribution in [-0.2, 0) is 11.3 Å². The molecule has 4 rings (SSSR count). The largest absolute Gasteiger partial charge is 0.369 e. The number of benzene rings is 1. The summed E-state index contributed by atoms with van der Waals surface area (Å²) in [4.78, 5) is 21.0. The molecule has 130 valence electrons. The van der Waals surface area contributed by atoms with Crippen molar-refractivity contribution in [3.63, 3.8) is 0 Å². The zero-order valence-electron chi connectivity index (χ0n) is 14.2. The fourth-order valence-corrected chi connectivity index (χ4v) is 4.23. The van der Waals surface area contributed by atoms with Gasteiger partial charge in [0, 0.05) is 44.1 Å². The van der Waals surface area contributed by atoms with Gasteiger partial charge in [0.15, 0.2) is 0 Å². The predicted octanol–water partition coefficient (Wildman–Crippen LogP) is 3.38.